The SMILES string of the molecule is CC(C)[C@@H]1CC(C(=O)CCl)=CCN1C(=O)O. The number of carbonyl (C=O) groups excluding carboxylic acids is 1. The number of hydrogen-bond acceptors (Lipinski definition) is 2. The summed E-state index contributed by atoms with van der Waals surface area (Å²) in [5, 5.41) is 9.03. The van der Waals surface area contributed by atoms with Crippen molar-refractivity contribution < 1.29 is 14.7 Å². The summed E-state index contributed by atoms with van der Waals surface area (Å²) < 4.78 is 0. The minimum atomic E-state index is -0.938. The van der Waals surface area contributed by atoms with E-state index in [1.54, 1.807) is 6.08 Å². The van der Waals surface area contributed by atoms with Crippen molar-refractivity contribution in [2.75, 3.05) is 12.4 Å². The molecule has 1 amide bonds. The molecular formula is C11H16ClNO3. The molecular weight excluding hydrogens is 230 g/mol. The minimum Gasteiger partial charge on any atom is -0.465 e. The van der Waals surface area contributed by atoms with Crippen molar-refractivity contribution in [1.82, 2.24) is 4.90 Å². The van der Waals surface area contributed by atoms with Crippen LogP contribution < -0.4 is 0 Å². The molecule has 1 aliphatic heterocycles. The number of nitrogens with zero attached hydrogens (tertiary/aromatic N) is 1. The Morgan fingerprint density at radius 3 is 2.69 bits per heavy atom. The fourth-order valence-electron chi connectivity index (χ4n) is 1.89. The summed E-state index contributed by atoms with van der Waals surface area (Å²) in [7, 11) is 0. The van der Waals surface area contributed by atoms with Gasteiger partial charge in [-0.3, -0.25) is 4.79 Å². The molecule has 0 unspecified atom stereocenters. The molecule has 0 aromatic heterocycles. The second-order valence-corrected chi connectivity index (χ2v) is 4.50. The summed E-state index contributed by atoms with van der Waals surface area (Å²) in [6.07, 6.45) is 1.19. The van der Waals surface area contributed by atoms with Gasteiger partial charge in [0.25, 0.3) is 0 Å². The highest BCUT2D eigenvalue weighted by molar-refractivity contribution is 6.30. The number of alkyl halides is 1. The van der Waals surface area contributed by atoms with Gasteiger partial charge in [0, 0.05) is 12.6 Å². The molecule has 0 aromatic carbocycles. The first-order chi connectivity index (χ1) is 7.47. The fourth-order valence-corrected chi connectivity index (χ4v) is 2.06. The molecule has 5 heteroatoms. The maximum atomic E-state index is 11.4. The van der Waals surface area contributed by atoms with Crippen LogP contribution >= 0.6 is 11.6 Å². The first-order valence-corrected chi connectivity index (χ1v) is 5.78. The van der Waals surface area contributed by atoms with Crippen LogP contribution in [-0.4, -0.2) is 40.3 Å². The highest BCUT2D eigenvalue weighted by Crippen LogP contribution is 2.24. The van der Waals surface area contributed by atoms with E-state index in [1.807, 2.05) is 13.8 Å². The van der Waals surface area contributed by atoms with Gasteiger partial charge < -0.3 is 10.0 Å². The first-order valence-electron chi connectivity index (χ1n) is 5.25. The Morgan fingerprint density at radius 1 is 1.62 bits per heavy atom. The molecule has 16 heavy (non-hydrogen) atoms. The Bertz CT molecular complexity index is 325. The quantitative estimate of drug-likeness (QED) is 0.775. The summed E-state index contributed by atoms with van der Waals surface area (Å²) in [5.74, 6) is 0.0456. The zero-order valence-electron chi connectivity index (χ0n) is 9.44. The third-order valence-corrected chi connectivity index (χ3v) is 3.10. The number of carbonyl (C=O) groups is 2. The van der Waals surface area contributed by atoms with Crippen LogP contribution in [0.1, 0.15) is 20.3 Å². The number of hydrogen-bond donors (Lipinski definition) is 1. The Hall–Kier alpha value is -1.03. The molecule has 0 saturated heterocycles. The molecule has 1 aliphatic rings. The molecule has 0 bridgehead atoms. The van der Waals surface area contributed by atoms with E-state index in [0.717, 1.165) is 0 Å². The van der Waals surface area contributed by atoms with E-state index in [9.17, 15) is 9.59 Å². The molecule has 0 saturated carbocycles. The number of halogens is 1. The van der Waals surface area contributed by atoms with E-state index < -0.39 is 6.09 Å². The summed E-state index contributed by atoms with van der Waals surface area (Å²) in [6.45, 7) is 4.18. The van der Waals surface area contributed by atoms with Crippen LogP contribution in [0.4, 0.5) is 4.79 Å². The molecule has 0 spiro atoms. The Labute approximate surface area is 99.9 Å². The first kappa shape index (κ1) is 13.0. The molecule has 1 rings (SSSR count). The van der Waals surface area contributed by atoms with E-state index in [4.69, 9.17) is 16.7 Å². The maximum Gasteiger partial charge on any atom is 0.407 e. The van der Waals surface area contributed by atoms with Crippen LogP contribution in [0.5, 0.6) is 0 Å². The molecule has 0 radical (unpaired) electrons. The lowest BCUT2D eigenvalue weighted by Crippen LogP contribution is -2.45. The van der Waals surface area contributed by atoms with Gasteiger partial charge in [0.05, 0.1) is 5.88 Å². The Morgan fingerprint density at radius 2 is 2.25 bits per heavy atom. The molecule has 4 nitrogen and oxygen atoms in total. The van der Waals surface area contributed by atoms with Gasteiger partial charge in [-0.15, -0.1) is 11.6 Å². The zero-order valence-corrected chi connectivity index (χ0v) is 10.2. The van der Waals surface area contributed by atoms with Gasteiger partial charge in [0.2, 0.25) is 0 Å². The predicted molar refractivity (Wildman–Crippen MR) is 61.8 cm³/mol. The van der Waals surface area contributed by atoms with Crippen LogP contribution in [0.2, 0.25) is 0 Å². The lowest BCUT2D eigenvalue weighted by molar-refractivity contribution is -0.113. The second-order valence-electron chi connectivity index (χ2n) is 4.24. The third kappa shape index (κ3) is 2.76. The lowest BCUT2D eigenvalue weighted by atomic mass is 9.90. The number of amides is 1. The van der Waals surface area contributed by atoms with E-state index in [1.165, 1.54) is 4.90 Å². The summed E-state index contributed by atoms with van der Waals surface area (Å²) in [6, 6.07) is -0.135. The number of rotatable bonds is 3. The second kappa shape index (κ2) is 5.34. The summed E-state index contributed by atoms with van der Waals surface area (Å²) in [4.78, 5) is 23.8. The van der Waals surface area contributed by atoms with Crippen molar-refractivity contribution in [3.8, 4) is 0 Å². The Kier molecular flexibility index (Phi) is 4.35. The van der Waals surface area contributed by atoms with Crippen LogP contribution in [0.25, 0.3) is 0 Å². The average molecular weight is 246 g/mol. The van der Waals surface area contributed by atoms with Crippen molar-refractivity contribution in [2.45, 2.75) is 26.3 Å². The summed E-state index contributed by atoms with van der Waals surface area (Å²) >= 11 is 5.49. The van der Waals surface area contributed by atoms with Crippen LogP contribution in [0, 0.1) is 5.92 Å². The molecule has 0 aliphatic carbocycles. The molecule has 1 heterocycles. The molecule has 1 N–H and O–H groups in total. The number of Topliss-reactive ketones (excluding diaryl/α,β-unsaturated/α-hetero) is 1. The van der Waals surface area contributed by atoms with Crippen molar-refractivity contribution >= 4 is 23.5 Å². The van der Waals surface area contributed by atoms with Gasteiger partial charge >= 0.3 is 6.09 Å². The van der Waals surface area contributed by atoms with Crippen molar-refractivity contribution in [3.63, 3.8) is 0 Å². The van der Waals surface area contributed by atoms with Crippen molar-refractivity contribution in [3.05, 3.63) is 11.6 Å². The monoisotopic (exact) mass is 245 g/mol. The predicted octanol–water partition coefficient (Wildman–Crippen LogP) is 2.13. The van der Waals surface area contributed by atoms with Gasteiger partial charge in [-0.1, -0.05) is 19.9 Å². The third-order valence-electron chi connectivity index (χ3n) is 2.86. The van der Waals surface area contributed by atoms with E-state index >= 15 is 0 Å². The number of ketones is 1. The van der Waals surface area contributed by atoms with Crippen molar-refractivity contribution in [2.24, 2.45) is 5.92 Å². The van der Waals surface area contributed by atoms with Crippen LogP contribution in [0.3, 0.4) is 0 Å². The van der Waals surface area contributed by atoms with E-state index in [0.29, 0.717) is 12.0 Å². The van der Waals surface area contributed by atoms with Crippen LogP contribution in [0.15, 0.2) is 11.6 Å². The normalized spacial score (nSPS) is 20.9. The topological polar surface area (TPSA) is 57.6 Å². The maximum absolute atomic E-state index is 11.4. The molecule has 0 fully saturated rings. The number of carboxylic acid groups (broad SMARTS) is 1. The van der Waals surface area contributed by atoms with E-state index in [2.05, 4.69) is 0 Å². The summed E-state index contributed by atoms with van der Waals surface area (Å²) in [5.41, 5.74) is 0.659. The molecule has 1 atom stereocenters. The van der Waals surface area contributed by atoms with Gasteiger partial charge in [-0.25, -0.2) is 4.79 Å². The standard InChI is InChI=1S/C11H16ClNO3/c1-7(2)9-5-8(10(14)6-12)3-4-13(9)11(15)16/h3,7,9H,4-6H2,1-2H3,(H,15,16)/t9-/m0/s1. The van der Waals surface area contributed by atoms with Gasteiger partial charge in [-0.2, -0.15) is 0 Å². The highest BCUT2D eigenvalue weighted by atomic mass is 35.5. The average Bonchev–Trinajstić information content (AvgIpc) is 2.26. The minimum absolute atomic E-state index is 0.0380. The fraction of sp³-hybridized carbons (Fsp3) is 0.636. The van der Waals surface area contributed by atoms with E-state index in [-0.39, 0.29) is 30.2 Å². The van der Waals surface area contributed by atoms with Crippen LogP contribution in [-0.2, 0) is 4.79 Å². The van der Waals surface area contributed by atoms with Gasteiger partial charge in [-0.05, 0) is 17.9 Å². The highest BCUT2D eigenvalue weighted by Gasteiger charge is 2.30. The molecule has 90 valence electrons. The zero-order chi connectivity index (χ0) is 12.3. The molecule has 0 aromatic rings. The largest absolute Gasteiger partial charge is 0.465 e. The Balaban J connectivity index is 2.86. The smallest absolute Gasteiger partial charge is 0.407 e. The van der Waals surface area contributed by atoms with Gasteiger partial charge in [0.1, 0.15) is 0 Å². The van der Waals surface area contributed by atoms with Gasteiger partial charge in [0.15, 0.2) is 5.78 Å². The lowest BCUT2D eigenvalue weighted by Gasteiger charge is -2.35. The van der Waals surface area contributed by atoms with Crippen molar-refractivity contribution in [1.29, 1.82) is 0 Å².